The molecule has 6 nitrogen and oxygen atoms in total. The summed E-state index contributed by atoms with van der Waals surface area (Å²) in [4.78, 5) is 18.4. The van der Waals surface area contributed by atoms with E-state index in [1.807, 2.05) is 67.6 Å². The zero-order valence-electron chi connectivity index (χ0n) is 17.4. The molecule has 0 saturated heterocycles. The molecule has 2 aromatic carbocycles. The van der Waals surface area contributed by atoms with Crippen LogP contribution < -0.4 is 14.8 Å². The van der Waals surface area contributed by atoms with E-state index in [0.717, 1.165) is 16.1 Å². The molecule has 1 unspecified atom stereocenters. The maximum atomic E-state index is 13.2. The number of hydrogen-bond donors (Lipinski definition) is 1. The first-order chi connectivity index (χ1) is 15.1. The molecule has 0 spiro atoms. The van der Waals surface area contributed by atoms with Crippen molar-refractivity contribution >= 4 is 17.2 Å². The predicted molar refractivity (Wildman–Crippen MR) is 120 cm³/mol. The molecule has 0 radical (unpaired) electrons. The Morgan fingerprint density at radius 3 is 2.48 bits per heavy atom. The number of carbonyl (C=O) groups excluding carboxylic acids is 1. The zero-order valence-corrected chi connectivity index (χ0v) is 18.2. The van der Waals surface area contributed by atoms with Crippen LogP contribution in [0, 0.1) is 6.92 Å². The molecule has 0 aliphatic heterocycles. The van der Waals surface area contributed by atoms with Gasteiger partial charge < -0.3 is 19.2 Å². The first-order valence-corrected chi connectivity index (χ1v) is 10.5. The van der Waals surface area contributed by atoms with Gasteiger partial charge in [-0.25, -0.2) is 4.98 Å². The van der Waals surface area contributed by atoms with Crippen LogP contribution in [-0.2, 0) is 0 Å². The Morgan fingerprint density at radius 1 is 1.03 bits per heavy atom. The van der Waals surface area contributed by atoms with Crippen LogP contribution in [0.5, 0.6) is 11.5 Å². The molecule has 2 heterocycles. The summed E-state index contributed by atoms with van der Waals surface area (Å²) >= 11 is 1.34. The van der Waals surface area contributed by atoms with E-state index in [1.165, 1.54) is 11.3 Å². The summed E-state index contributed by atoms with van der Waals surface area (Å²) < 4.78 is 16.3. The maximum absolute atomic E-state index is 13.2. The van der Waals surface area contributed by atoms with Crippen molar-refractivity contribution in [2.24, 2.45) is 0 Å². The monoisotopic (exact) mass is 434 g/mol. The topological polar surface area (TPSA) is 73.6 Å². The molecule has 2 aromatic heterocycles. The van der Waals surface area contributed by atoms with Crippen LogP contribution in [0.25, 0.3) is 10.6 Å². The van der Waals surface area contributed by atoms with Gasteiger partial charge in [0.25, 0.3) is 5.91 Å². The maximum Gasteiger partial charge on any atom is 0.264 e. The molecule has 0 saturated carbocycles. The number of rotatable bonds is 7. The van der Waals surface area contributed by atoms with Gasteiger partial charge in [-0.1, -0.05) is 30.3 Å². The lowest BCUT2D eigenvalue weighted by Gasteiger charge is -2.16. The van der Waals surface area contributed by atoms with Crippen molar-refractivity contribution in [3.05, 3.63) is 88.8 Å². The largest absolute Gasteiger partial charge is 0.493 e. The number of benzene rings is 2. The average Bonchev–Trinajstić information content (AvgIpc) is 3.47. The summed E-state index contributed by atoms with van der Waals surface area (Å²) in [7, 11) is 3.18. The van der Waals surface area contributed by atoms with E-state index in [1.54, 1.807) is 20.5 Å². The van der Waals surface area contributed by atoms with Crippen LogP contribution in [-0.4, -0.2) is 25.1 Å². The van der Waals surface area contributed by atoms with Gasteiger partial charge in [0, 0.05) is 5.56 Å². The van der Waals surface area contributed by atoms with Crippen molar-refractivity contribution in [3.8, 4) is 22.1 Å². The summed E-state index contributed by atoms with van der Waals surface area (Å²) in [6.45, 7) is 1.83. The lowest BCUT2D eigenvalue weighted by atomic mass is 10.0. The molecular weight excluding hydrogens is 412 g/mol. The quantitative estimate of drug-likeness (QED) is 0.430. The normalized spacial score (nSPS) is 11.7. The van der Waals surface area contributed by atoms with Crippen molar-refractivity contribution < 1.29 is 18.7 Å². The van der Waals surface area contributed by atoms with Gasteiger partial charge in [-0.3, -0.25) is 4.79 Å². The lowest BCUT2D eigenvalue weighted by Crippen LogP contribution is -2.29. The highest BCUT2D eigenvalue weighted by Crippen LogP contribution is 2.35. The number of nitrogens with one attached hydrogen (secondary N) is 1. The van der Waals surface area contributed by atoms with Crippen molar-refractivity contribution in [2.75, 3.05) is 14.2 Å². The first kappa shape index (κ1) is 20.7. The number of carbonyl (C=O) groups is 1. The van der Waals surface area contributed by atoms with Crippen LogP contribution >= 0.6 is 11.3 Å². The van der Waals surface area contributed by atoms with Gasteiger partial charge in [-0.15, -0.1) is 11.3 Å². The molecule has 31 heavy (non-hydrogen) atoms. The number of methoxy groups -OCH3 is 2. The van der Waals surface area contributed by atoms with Gasteiger partial charge in [0.05, 0.1) is 26.2 Å². The van der Waals surface area contributed by atoms with E-state index in [4.69, 9.17) is 13.9 Å². The van der Waals surface area contributed by atoms with Crippen LogP contribution in [0.15, 0.2) is 71.3 Å². The van der Waals surface area contributed by atoms with E-state index in [9.17, 15) is 4.79 Å². The van der Waals surface area contributed by atoms with Gasteiger partial charge >= 0.3 is 0 Å². The first-order valence-electron chi connectivity index (χ1n) is 9.69. The third kappa shape index (κ3) is 4.32. The zero-order chi connectivity index (χ0) is 21.8. The minimum absolute atomic E-state index is 0.202. The predicted octanol–water partition coefficient (Wildman–Crippen LogP) is 5.25. The third-order valence-electron chi connectivity index (χ3n) is 4.87. The van der Waals surface area contributed by atoms with Gasteiger partial charge in [0.15, 0.2) is 11.5 Å². The van der Waals surface area contributed by atoms with Crippen LogP contribution in [0.2, 0.25) is 0 Å². The van der Waals surface area contributed by atoms with Crippen molar-refractivity contribution in [1.82, 2.24) is 10.3 Å². The number of thiazole rings is 1. The van der Waals surface area contributed by atoms with Crippen molar-refractivity contribution in [1.29, 1.82) is 0 Å². The fraction of sp³-hybridized carbons (Fsp3) is 0.167. The average molecular weight is 435 g/mol. The highest BCUT2D eigenvalue weighted by molar-refractivity contribution is 7.17. The number of ether oxygens (including phenoxy) is 2. The smallest absolute Gasteiger partial charge is 0.264 e. The Bertz CT molecular complexity index is 1170. The Balaban J connectivity index is 1.63. The number of furan rings is 1. The van der Waals surface area contributed by atoms with E-state index in [-0.39, 0.29) is 5.91 Å². The molecule has 0 aliphatic rings. The van der Waals surface area contributed by atoms with Crippen LogP contribution in [0.1, 0.15) is 32.7 Å². The molecule has 0 bridgehead atoms. The molecule has 7 heteroatoms. The van der Waals surface area contributed by atoms with E-state index in [2.05, 4.69) is 10.3 Å². The van der Waals surface area contributed by atoms with Crippen LogP contribution in [0.3, 0.4) is 0 Å². The van der Waals surface area contributed by atoms with Gasteiger partial charge in [-0.2, -0.15) is 0 Å². The fourth-order valence-corrected chi connectivity index (χ4v) is 4.28. The van der Waals surface area contributed by atoms with Crippen LogP contribution in [0.4, 0.5) is 0 Å². The number of hydrogen-bond acceptors (Lipinski definition) is 6. The lowest BCUT2D eigenvalue weighted by molar-refractivity contribution is 0.0942. The molecule has 0 fully saturated rings. The van der Waals surface area contributed by atoms with Crippen molar-refractivity contribution in [3.63, 3.8) is 0 Å². The van der Waals surface area contributed by atoms with Crippen molar-refractivity contribution in [2.45, 2.75) is 13.0 Å². The molecule has 1 atom stereocenters. The summed E-state index contributed by atoms with van der Waals surface area (Å²) in [5.74, 6) is 1.72. The molecule has 158 valence electrons. The summed E-state index contributed by atoms with van der Waals surface area (Å²) in [5.41, 5.74) is 2.46. The Labute approximate surface area is 184 Å². The molecule has 1 amide bonds. The van der Waals surface area contributed by atoms with E-state index >= 15 is 0 Å². The SMILES string of the molecule is COc1ccc(-c2nc(C)c(C(=O)NC(c3ccccc3)c3ccco3)s2)cc1OC. The molecule has 4 rings (SSSR count). The third-order valence-corrected chi connectivity index (χ3v) is 6.07. The fourth-order valence-electron chi connectivity index (χ4n) is 3.32. The molecule has 1 N–H and O–H groups in total. The highest BCUT2D eigenvalue weighted by atomic mass is 32.1. The Hall–Kier alpha value is -3.58. The van der Waals surface area contributed by atoms with E-state index in [0.29, 0.717) is 27.8 Å². The summed E-state index contributed by atoms with van der Waals surface area (Å²) in [5, 5.41) is 3.83. The Morgan fingerprint density at radius 2 is 1.81 bits per heavy atom. The van der Waals surface area contributed by atoms with E-state index < -0.39 is 6.04 Å². The number of aromatic nitrogens is 1. The summed E-state index contributed by atoms with van der Waals surface area (Å²) in [6.07, 6.45) is 1.60. The molecular formula is C24H22N2O4S. The second-order valence-electron chi connectivity index (χ2n) is 6.84. The molecule has 4 aromatic rings. The van der Waals surface area contributed by atoms with Gasteiger partial charge in [0.2, 0.25) is 0 Å². The second kappa shape index (κ2) is 9.06. The molecule has 0 aliphatic carbocycles. The second-order valence-corrected chi connectivity index (χ2v) is 7.83. The standard InChI is InChI=1S/C24H22N2O4S/c1-15-22(31-24(25-15)17-11-12-18(28-2)20(14-17)29-3)23(27)26-21(19-10-7-13-30-19)16-8-5-4-6-9-16/h4-14,21H,1-3H3,(H,26,27). The number of nitrogens with zero attached hydrogens (tertiary/aromatic N) is 1. The van der Waals surface area contributed by atoms with Gasteiger partial charge in [0.1, 0.15) is 21.7 Å². The summed E-state index contributed by atoms with van der Waals surface area (Å²) in [6, 6.07) is 18.6. The highest BCUT2D eigenvalue weighted by Gasteiger charge is 2.23. The number of amides is 1. The van der Waals surface area contributed by atoms with Gasteiger partial charge in [-0.05, 0) is 42.8 Å². The number of aryl methyl sites for hydroxylation is 1. The Kier molecular flexibility index (Phi) is 6.04. The minimum atomic E-state index is -0.394. The minimum Gasteiger partial charge on any atom is -0.493 e.